The Morgan fingerprint density at radius 2 is 1.45 bits per heavy atom. The molecule has 0 amide bonds. The van der Waals surface area contributed by atoms with Gasteiger partial charge in [-0.25, -0.2) is 9.59 Å². The summed E-state index contributed by atoms with van der Waals surface area (Å²) in [5, 5.41) is 24.1. The minimum Gasteiger partial charge on any atom is -0.458 e. The van der Waals surface area contributed by atoms with E-state index in [4.69, 9.17) is 18.9 Å². The second kappa shape index (κ2) is 14.4. The lowest BCUT2D eigenvalue weighted by molar-refractivity contribution is -0.167. The average Bonchev–Trinajstić information content (AvgIpc) is 3.24. The topological polar surface area (TPSA) is 176 Å². The third kappa shape index (κ3) is 8.14. The first-order valence-corrected chi connectivity index (χ1v) is 15.9. The van der Waals surface area contributed by atoms with Crippen molar-refractivity contribution in [2.45, 2.75) is 90.0 Å². The molecule has 0 radical (unpaired) electrons. The number of fused-ring (bicyclic) bond motifs is 1. The van der Waals surface area contributed by atoms with Gasteiger partial charge in [-0.1, -0.05) is 57.7 Å². The van der Waals surface area contributed by atoms with Gasteiger partial charge in [0.15, 0.2) is 5.78 Å². The van der Waals surface area contributed by atoms with Crippen LogP contribution in [0.5, 0.6) is 0 Å². The molecular weight excluding hydrogens is 634 g/mol. The molecule has 0 aliphatic heterocycles. The SMILES string of the molecule is C=C1C[C@@H](OC(C)=O)[C@@H](OC(=O)c2cccnc2)C(C)(C)C=C[C@H](C)C(=O)[C@@]2(O)C[C@@](C)(O)[C@H](OC(=O)c3ccccc3)[C@@H]2[C@H]1OC(C)=O. The second-order valence-electron chi connectivity index (χ2n) is 13.6. The molecule has 0 unspecified atom stereocenters. The minimum atomic E-state index is -2.40. The molecule has 2 aromatic rings. The van der Waals surface area contributed by atoms with Crippen molar-refractivity contribution in [1.82, 2.24) is 4.98 Å². The predicted molar refractivity (Wildman–Crippen MR) is 175 cm³/mol. The summed E-state index contributed by atoms with van der Waals surface area (Å²) in [4.78, 5) is 70.1. The standard InChI is InChI=1S/C37H43NO11/c1-21-15-16-35(5,6)31(48-34(43)26-14-11-17-38-19-26)27(46-23(3)39)18-22(2)29(47-24(4)40)28-32(36(7,44)20-37(28,45)30(21)41)49-33(42)25-12-9-8-10-13-25/h8-17,19,21,27-29,31-32,44-45H,2,18,20H2,1,3-7H3/t21-,27+,28-,29-,31+,32+,36+,37+/m0/s1. The van der Waals surface area contributed by atoms with Gasteiger partial charge in [0.2, 0.25) is 0 Å². The van der Waals surface area contributed by atoms with Crippen molar-refractivity contribution in [3.05, 3.63) is 90.3 Å². The molecule has 2 aliphatic carbocycles. The highest BCUT2D eigenvalue weighted by molar-refractivity contribution is 5.93. The molecule has 12 nitrogen and oxygen atoms in total. The van der Waals surface area contributed by atoms with E-state index in [0.29, 0.717) is 0 Å². The molecule has 8 atom stereocenters. The highest BCUT2D eigenvalue weighted by Crippen LogP contribution is 2.50. The van der Waals surface area contributed by atoms with Crippen molar-refractivity contribution in [1.29, 1.82) is 0 Å². The smallest absolute Gasteiger partial charge is 0.340 e. The number of pyridine rings is 1. The maximum atomic E-state index is 14.3. The summed E-state index contributed by atoms with van der Waals surface area (Å²) in [6.45, 7) is 12.7. The molecule has 1 heterocycles. The van der Waals surface area contributed by atoms with Crippen molar-refractivity contribution >= 4 is 29.7 Å². The van der Waals surface area contributed by atoms with Gasteiger partial charge in [-0.05, 0) is 36.8 Å². The lowest BCUT2D eigenvalue weighted by atomic mass is 9.73. The normalized spacial score (nSPS) is 31.3. The van der Waals surface area contributed by atoms with Crippen molar-refractivity contribution < 1.29 is 53.1 Å². The monoisotopic (exact) mass is 677 g/mol. The molecule has 1 aromatic heterocycles. The van der Waals surface area contributed by atoms with Gasteiger partial charge in [-0.15, -0.1) is 0 Å². The highest BCUT2D eigenvalue weighted by Gasteiger charge is 2.67. The highest BCUT2D eigenvalue weighted by atomic mass is 16.6. The molecule has 262 valence electrons. The number of nitrogens with zero attached hydrogens (tertiary/aromatic N) is 1. The van der Waals surface area contributed by atoms with E-state index >= 15 is 0 Å². The first kappa shape index (κ1) is 37.1. The molecule has 12 heteroatoms. The van der Waals surface area contributed by atoms with Crippen LogP contribution in [0.4, 0.5) is 0 Å². The Bertz CT molecular complexity index is 1620. The van der Waals surface area contributed by atoms with Crippen LogP contribution in [-0.2, 0) is 33.3 Å². The Kier molecular flexibility index (Phi) is 10.9. The lowest BCUT2D eigenvalue weighted by Gasteiger charge is -2.41. The predicted octanol–water partition coefficient (Wildman–Crippen LogP) is 3.95. The maximum Gasteiger partial charge on any atom is 0.340 e. The molecule has 1 saturated carbocycles. The number of allylic oxidation sites excluding steroid dienone is 1. The van der Waals surface area contributed by atoms with Crippen molar-refractivity contribution in [3.63, 3.8) is 0 Å². The summed E-state index contributed by atoms with van der Waals surface area (Å²) < 4.78 is 23.3. The van der Waals surface area contributed by atoms with Crippen LogP contribution in [0.2, 0.25) is 0 Å². The lowest BCUT2D eigenvalue weighted by Crippen LogP contribution is -2.55. The largest absolute Gasteiger partial charge is 0.458 e. The van der Waals surface area contributed by atoms with Gasteiger partial charge >= 0.3 is 23.9 Å². The molecule has 4 rings (SSSR count). The second-order valence-corrected chi connectivity index (χ2v) is 13.6. The van der Waals surface area contributed by atoms with Crippen molar-refractivity contribution in [2.24, 2.45) is 17.3 Å². The molecule has 2 aliphatic rings. The number of carbonyl (C=O) groups is 5. The Balaban J connectivity index is 1.89. The fourth-order valence-corrected chi connectivity index (χ4v) is 6.75. The first-order chi connectivity index (χ1) is 22.9. The molecule has 49 heavy (non-hydrogen) atoms. The number of aliphatic hydroxyl groups is 2. The zero-order valence-electron chi connectivity index (χ0n) is 28.5. The summed E-state index contributed by atoms with van der Waals surface area (Å²) in [5.41, 5.74) is -5.17. The number of carbonyl (C=O) groups excluding carboxylic acids is 5. The maximum absolute atomic E-state index is 14.3. The van der Waals surface area contributed by atoms with E-state index in [9.17, 15) is 34.2 Å². The summed E-state index contributed by atoms with van der Waals surface area (Å²) in [6, 6.07) is 11.0. The van der Waals surface area contributed by atoms with E-state index in [1.165, 1.54) is 57.4 Å². The zero-order valence-corrected chi connectivity index (χ0v) is 28.5. The number of hydrogen-bond donors (Lipinski definition) is 2. The van der Waals surface area contributed by atoms with E-state index in [0.717, 1.165) is 6.92 Å². The van der Waals surface area contributed by atoms with Crippen molar-refractivity contribution in [3.8, 4) is 0 Å². The van der Waals surface area contributed by atoms with Crippen LogP contribution in [0.25, 0.3) is 0 Å². The third-order valence-electron chi connectivity index (χ3n) is 9.02. The van der Waals surface area contributed by atoms with Crippen LogP contribution >= 0.6 is 0 Å². The number of benzene rings is 1. The van der Waals surface area contributed by atoms with Gasteiger partial charge in [0.25, 0.3) is 0 Å². The quantitative estimate of drug-likeness (QED) is 0.256. The fourth-order valence-electron chi connectivity index (χ4n) is 6.75. The summed E-state index contributed by atoms with van der Waals surface area (Å²) in [6.07, 6.45) is -0.464. The van der Waals surface area contributed by atoms with Crippen LogP contribution < -0.4 is 0 Å². The van der Waals surface area contributed by atoms with Gasteiger partial charge in [-0.2, -0.15) is 0 Å². The number of rotatable bonds is 6. The number of ether oxygens (including phenoxy) is 4. The Morgan fingerprint density at radius 3 is 2.04 bits per heavy atom. The Labute approximate surface area is 285 Å². The van der Waals surface area contributed by atoms with Gasteiger partial charge in [0, 0.05) is 50.4 Å². The summed E-state index contributed by atoms with van der Waals surface area (Å²) in [7, 11) is 0. The Morgan fingerprint density at radius 1 is 0.857 bits per heavy atom. The minimum absolute atomic E-state index is 0.0339. The molecule has 1 fully saturated rings. The third-order valence-corrected chi connectivity index (χ3v) is 9.02. The Hall–Kier alpha value is -4.68. The number of ketones is 1. The van der Waals surface area contributed by atoms with Crippen LogP contribution in [0.15, 0.2) is 79.2 Å². The van der Waals surface area contributed by atoms with E-state index in [-0.39, 0.29) is 23.1 Å². The van der Waals surface area contributed by atoms with Crippen LogP contribution in [0, 0.1) is 17.3 Å². The fraction of sp³-hybridized carbons (Fsp3) is 0.459. The van der Waals surface area contributed by atoms with Crippen LogP contribution in [-0.4, -0.2) is 80.5 Å². The van der Waals surface area contributed by atoms with E-state index in [1.54, 1.807) is 44.2 Å². The van der Waals surface area contributed by atoms with Gasteiger partial charge < -0.3 is 29.2 Å². The number of Topliss-reactive ketones (excluding diaryl/α,β-unsaturated/α-hetero) is 1. The number of aromatic nitrogens is 1. The van der Waals surface area contributed by atoms with Gasteiger partial charge in [-0.3, -0.25) is 19.4 Å². The summed E-state index contributed by atoms with van der Waals surface area (Å²) >= 11 is 0. The van der Waals surface area contributed by atoms with E-state index in [1.807, 2.05) is 0 Å². The molecular formula is C37H43NO11. The zero-order chi connectivity index (χ0) is 36.3. The molecule has 1 aromatic carbocycles. The number of hydrogen-bond acceptors (Lipinski definition) is 12. The molecule has 2 N–H and O–H groups in total. The molecule has 0 saturated heterocycles. The van der Waals surface area contributed by atoms with Gasteiger partial charge in [0.1, 0.15) is 35.6 Å². The van der Waals surface area contributed by atoms with E-state index in [2.05, 4.69) is 11.6 Å². The molecule has 0 bridgehead atoms. The van der Waals surface area contributed by atoms with Gasteiger partial charge in [0.05, 0.1) is 17.0 Å². The first-order valence-electron chi connectivity index (χ1n) is 15.9. The van der Waals surface area contributed by atoms with Crippen molar-refractivity contribution in [2.75, 3.05) is 0 Å². The number of esters is 4. The average molecular weight is 678 g/mol. The molecule has 0 spiro atoms. The van der Waals surface area contributed by atoms with E-state index < -0.39 is 89.0 Å². The van der Waals surface area contributed by atoms with Crippen LogP contribution in [0.3, 0.4) is 0 Å². The van der Waals surface area contributed by atoms with Crippen LogP contribution in [0.1, 0.15) is 75.1 Å². The summed E-state index contributed by atoms with van der Waals surface area (Å²) in [5.74, 6) is -6.47.